The maximum Gasteiger partial charge on any atom is 0.315 e. The second-order valence-electron chi connectivity index (χ2n) is 4.42. The highest BCUT2D eigenvalue weighted by Crippen LogP contribution is 2.32. The van der Waals surface area contributed by atoms with E-state index >= 15 is 0 Å². The quantitative estimate of drug-likeness (QED) is 0.730. The van der Waals surface area contributed by atoms with Crippen molar-refractivity contribution < 1.29 is 19.4 Å². The zero-order valence-electron chi connectivity index (χ0n) is 10.8. The summed E-state index contributed by atoms with van der Waals surface area (Å²) < 4.78 is 10.5. The summed E-state index contributed by atoms with van der Waals surface area (Å²) in [6, 6.07) is 5.21. The van der Waals surface area contributed by atoms with E-state index in [1.165, 1.54) is 0 Å². The Morgan fingerprint density at radius 2 is 2.21 bits per heavy atom. The van der Waals surface area contributed by atoms with Crippen molar-refractivity contribution in [3.05, 3.63) is 23.8 Å². The number of rotatable bonds is 5. The molecule has 104 valence electrons. The highest BCUT2D eigenvalue weighted by Gasteiger charge is 2.13. The lowest BCUT2D eigenvalue weighted by Crippen LogP contribution is -2.42. The first-order valence-corrected chi connectivity index (χ1v) is 6.23. The van der Waals surface area contributed by atoms with Crippen LogP contribution in [0.2, 0.25) is 0 Å². The molecule has 0 spiro atoms. The van der Waals surface area contributed by atoms with Crippen LogP contribution in [0, 0.1) is 0 Å². The van der Waals surface area contributed by atoms with Gasteiger partial charge in [0.05, 0.1) is 12.6 Å². The highest BCUT2D eigenvalue weighted by atomic mass is 16.7. The molecule has 6 heteroatoms. The van der Waals surface area contributed by atoms with Gasteiger partial charge in [-0.3, -0.25) is 0 Å². The van der Waals surface area contributed by atoms with Gasteiger partial charge in [-0.25, -0.2) is 4.79 Å². The van der Waals surface area contributed by atoms with Crippen molar-refractivity contribution in [2.45, 2.75) is 19.4 Å². The molecule has 1 unspecified atom stereocenters. The molecule has 0 aliphatic carbocycles. The van der Waals surface area contributed by atoms with E-state index in [1.807, 2.05) is 18.2 Å². The molecule has 6 nitrogen and oxygen atoms in total. The second-order valence-corrected chi connectivity index (χ2v) is 4.42. The molecule has 1 heterocycles. The number of ether oxygens (including phenoxy) is 2. The Morgan fingerprint density at radius 1 is 1.42 bits per heavy atom. The number of aliphatic hydroxyl groups excluding tert-OH is 1. The van der Waals surface area contributed by atoms with Gasteiger partial charge in [0.2, 0.25) is 6.79 Å². The summed E-state index contributed by atoms with van der Waals surface area (Å²) in [6.07, 6.45) is 0.706. The smallest absolute Gasteiger partial charge is 0.315 e. The average Bonchev–Trinajstić information content (AvgIpc) is 2.86. The molecule has 2 rings (SSSR count). The summed E-state index contributed by atoms with van der Waals surface area (Å²) in [4.78, 5) is 11.4. The molecule has 1 atom stereocenters. The van der Waals surface area contributed by atoms with E-state index < -0.39 is 0 Å². The Kier molecular flexibility index (Phi) is 4.46. The summed E-state index contributed by atoms with van der Waals surface area (Å²) in [5.74, 6) is 1.50. The van der Waals surface area contributed by atoms with Crippen LogP contribution < -0.4 is 20.1 Å². The molecule has 0 bridgehead atoms. The average molecular weight is 266 g/mol. The number of carbonyl (C=O) groups excluding carboxylic acids is 1. The molecule has 0 radical (unpaired) electrons. The lowest BCUT2D eigenvalue weighted by molar-refractivity contribution is 0.174. The van der Waals surface area contributed by atoms with Crippen LogP contribution in [-0.4, -0.2) is 37.1 Å². The molecule has 1 aliphatic rings. The third-order valence-electron chi connectivity index (χ3n) is 2.79. The number of benzene rings is 1. The Bertz CT molecular complexity index is 450. The van der Waals surface area contributed by atoms with E-state index in [4.69, 9.17) is 14.6 Å². The van der Waals surface area contributed by atoms with Gasteiger partial charge < -0.3 is 25.2 Å². The van der Waals surface area contributed by atoms with Crippen molar-refractivity contribution in [3.63, 3.8) is 0 Å². The van der Waals surface area contributed by atoms with E-state index in [2.05, 4.69) is 10.6 Å². The van der Waals surface area contributed by atoms with Gasteiger partial charge in [-0.05, 0) is 31.0 Å². The largest absolute Gasteiger partial charge is 0.454 e. The molecule has 1 aromatic rings. The van der Waals surface area contributed by atoms with Crippen molar-refractivity contribution in [2.75, 3.05) is 19.9 Å². The van der Waals surface area contributed by atoms with E-state index in [-0.39, 0.29) is 25.5 Å². The fraction of sp³-hybridized carbons (Fsp3) is 0.462. The summed E-state index contributed by atoms with van der Waals surface area (Å²) >= 11 is 0. The first-order chi connectivity index (χ1) is 9.19. The minimum Gasteiger partial charge on any atom is -0.454 e. The molecular formula is C13H18N2O4. The number of amides is 2. The third kappa shape index (κ3) is 3.75. The number of fused-ring (bicyclic) bond motifs is 1. The van der Waals surface area contributed by atoms with Crippen molar-refractivity contribution >= 4 is 6.03 Å². The van der Waals surface area contributed by atoms with Gasteiger partial charge in [0, 0.05) is 6.54 Å². The number of hydrogen-bond acceptors (Lipinski definition) is 4. The van der Waals surface area contributed by atoms with Crippen LogP contribution >= 0.6 is 0 Å². The summed E-state index contributed by atoms with van der Waals surface area (Å²) in [5.41, 5.74) is 1.07. The first-order valence-electron chi connectivity index (χ1n) is 6.23. The minimum absolute atomic E-state index is 0.0738. The van der Waals surface area contributed by atoms with Gasteiger partial charge in [-0.1, -0.05) is 6.07 Å². The third-order valence-corrected chi connectivity index (χ3v) is 2.79. The first kappa shape index (κ1) is 13.5. The van der Waals surface area contributed by atoms with E-state index in [0.29, 0.717) is 13.0 Å². The fourth-order valence-electron chi connectivity index (χ4n) is 1.74. The predicted molar refractivity (Wildman–Crippen MR) is 69.4 cm³/mol. The molecule has 3 N–H and O–H groups in total. The van der Waals surface area contributed by atoms with E-state index in [9.17, 15) is 4.79 Å². The van der Waals surface area contributed by atoms with Crippen LogP contribution in [0.4, 0.5) is 4.79 Å². The standard InChI is InChI=1S/C13H18N2O4/c1-9(7-16)15-13(17)14-5-4-10-2-3-11-12(6-10)19-8-18-11/h2-3,6,9,16H,4-5,7-8H2,1H3,(H2,14,15,17). The van der Waals surface area contributed by atoms with Crippen LogP contribution in [0.5, 0.6) is 11.5 Å². The van der Waals surface area contributed by atoms with Gasteiger partial charge in [0.1, 0.15) is 0 Å². The Hall–Kier alpha value is -1.95. The maximum absolute atomic E-state index is 11.4. The number of carbonyl (C=O) groups is 1. The summed E-state index contributed by atoms with van der Waals surface area (Å²) in [6.45, 7) is 2.44. The molecule has 0 saturated carbocycles. The highest BCUT2D eigenvalue weighted by molar-refractivity contribution is 5.74. The topological polar surface area (TPSA) is 79.8 Å². The van der Waals surface area contributed by atoms with Crippen molar-refractivity contribution in [1.29, 1.82) is 0 Å². The summed E-state index contributed by atoms with van der Waals surface area (Å²) in [7, 11) is 0. The number of nitrogens with one attached hydrogen (secondary N) is 2. The van der Waals surface area contributed by atoms with Gasteiger partial charge in [0.15, 0.2) is 11.5 Å². The Balaban J connectivity index is 1.75. The molecule has 2 amide bonds. The van der Waals surface area contributed by atoms with Crippen LogP contribution in [0.15, 0.2) is 18.2 Å². The molecule has 0 fully saturated rings. The van der Waals surface area contributed by atoms with Crippen molar-refractivity contribution in [2.24, 2.45) is 0 Å². The van der Waals surface area contributed by atoms with E-state index in [1.54, 1.807) is 6.92 Å². The van der Waals surface area contributed by atoms with Gasteiger partial charge in [0.25, 0.3) is 0 Å². The molecule has 0 aromatic heterocycles. The maximum atomic E-state index is 11.4. The number of aliphatic hydroxyl groups is 1. The predicted octanol–water partition coefficient (Wildman–Crippen LogP) is 0.638. The van der Waals surface area contributed by atoms with E-state index in [0.717, 1.165) is 17.1 Å². The second kappa shape index (κ2) is 6.29. The molecule has 19 heavy (non-hydrogen) atoms. The molecule has 0 saturated heterocycles. The van der Waals surface area contributed by atoms with Crippen LogP contribution in [-0.2, 0) is 6.42 Å². The minimum atomic E-state index is -0.276. The fourth-order valence-corrected chi connectivity index (χ4v) is 1.74. The lowest BCUT2D eigenvalue weighted by atomic mass is 10.1. The van der Waals surface area contributed by atoms with Crippen molar-refractivity contribution in [1.82, 2.24) is 10.6 Å². The van der Waals surface area contributed by atoms with Crippen LogP contribution in [0.1, 0.15) is 12.5 Å². The lowest BCUT2D eigenvalue weighted by Gasteiger charge is -2.12. The van der Waals surface area contributed by atoms with Gasteiger partial charge >= 0.3 is 6.03 Å². The number of hydrogen-bond donors (Lipinski definition) is 3. The SMILES string of the molecule is CC(CO)NC(=O)NCCc1ccc2c(c1)OCO2. The van der Waals surface area contributed by atoms with Crippen LogP contribution in [0.25, 0.3) is 0 Å². The normalized spacial score (nSPS) is 14.0. The van der Waals surface area contributed by atoms with Gasteiger partial charge in [-0.2, -0.15) is 0 Å². The molecule has 1 aliphatic heterocycles. The van der Waals surface area contributed by atoms with Crippen LogP contribution in [0.3, 0.4) is 0 Å². The Labute approximate surface area is 111 Å². The zero-order chi connectivity index (χ0) is 13.7. The van der Waals surface area contributed by atoms with Gasteiger partial charge in [-0.15, -0.1) is 0 Å². The summed E-state index contributed by atoms with van der Waals surface area (Å²) in [5, 5.41) is 14.2. The monoisotopic (exact) mass is 266 g/mol. The Morgan fingerprint density at radius 3 is 3.00 bits per heavy atom. The molecular weight excluding hydrogens is 248 g/mol. The molecule has 1 aromatic carbocycles. The zero-order valence-corrected chi connectivity index (χ0v) is 10.8. The number of urea groups is 1. The van der Waals surface area contributed by atoms with Crippen molar-refractivity contribution in [3.8, 4) is 11.5 Å².